The van der Waals surface area contributed by atoms with Gasteiger partial charge in [-0.05, 0) is 43.4 Å². The molecule has 17 heteroatoms. The molecule has 42 heavy (non-hydrogen) atoms. The number of anilines is 2. The predicted octanol–water partition coefficient (Wildman–Crippen LogP) is 5.08. The van der Waals surface area contributed by atoms with Crippen LogP contribution < -0.4 is 26.4 Å². The molecule has 0 aliphatic heterocycles. The van der Waals surface area contributed by atoms with Crippen molar-refractivity contribution in [1.29, 1.82) is 0 Å². The van der Waals surface area contributed by atoms with Crippen molar-refractivity contribution < 1.29 is 36.3 Å². The number of carbonyl (C=O) groups is 2. The molecule has 1 aliphatic carbocycles. The van der Waals surface area contributed by atoms with Crippen molar-refractivity contribution in [3.05, 3.63) is 39.4 Å². The van der Waals surface area contributed by atoms with Gasteiger partial charge < -0.3 is 31.4 Å². The molecule has 3 aromatic rings. The van der Waals surface area contributed by atoms with E-state index in [0.717, 1.165) is 0 Å². The maximum atomic E-state index is 13.1. The van der Waals surface area contributed by atoms with Crippen molar-refractivity contribution in [3.8, 4) is 5.88 Å². The highest BCUT2D eigenvalue weighted by Crippen LogP contribution is 2.38. The van der Waals surface area contributed by atoms with Gasteiger partial charge in [-0.25, -0.2) is 8.78 Å². The molecule has 2 amide bonds. The summed E-state index contributed by atoms with van der Waals surface area (Å²) in [6.07, 6.45) is -7.23. The van der Waals surface area contributed by atoms with E-state index in [0.29, 0.717) is 5.56 Å². The second kappa shape index (κ2) is 13.3. The number of benzene rings is 1. The maximum absolute atomic E-state index is 13.1. The van der Waals surface area contributed by atoms with Crippen LogP contribution in [0.5, 0.6) is 5.88 Å². The van der Waals surface area contributed by atoms with E-state index in [-0.39, 0.29) is 77.2 Å². The van der Waals surface area contributed by atoms with Crippen LogP contribution in [0.3, 0.4) is 0 Å². The van der Waals surface area contributed by atoms with Crippen LogP contribution in [0.4, 0.5) is 33.6 Å². The van der Waals surface area contributed by atoms with Gasteiger partial charge in [-0.15, -0.1) is 0 Å². The number of alkyl halides is 5. The number of nitrogens with zero attached hydrogens (tertiary/aromatic N) is 2. The quantitative estimate of drug-likeness (QED) is 0.195. The van der Waals surface area contributed by atoms with Crippen LogP contribution in [-0.2, 0) is 11.3 Å². The summed E-state index contributed by atoms with van der Waals surface area (Å²) in [7, 11) is 0. The number of imidazole rings is 1. The molecule has 0 radical (unpaired) electrons. The minimum atomic E-state index is -4.30. The Balaban J connectivity index is 1.57. The molecule has 1 aromatic carbocycles. The second-order valence-electron chi connectivity index (χ2n) is 9.56. The molecule has 0 spiro atoms. The fourth-order valence-corrected chi connectivity index (χ4v) is 4.99. The second-order valence-corrected chi connectivity index (χ2v) is 10.3. The highest BCUT2D eigenvalue weighted by molar-refractivity contribution is 6.39. The summed E-state index contributed by atoms with van der Waals surface area (Å²) in [5, 5.41) is 8.55. The van der Waals surface area contributed by atoms with E-state index in [1.165, 1.54) is 6.07 Å². The minimum Gasteiger partial charge on any atom is -0.471 e. The molecule has 6 N–H and O–H groups in total. The predicted molar refractivity (Wildman–Crippen MR) is 145 cm³/mol. The lowest BCUT2D eigenvalue weighted by Crippen LogP contribution is -2.40. The first-order chi connectivity index (χ1) is 19.8. The standard InChI is InChI=1S/C25H26Cl2F5N7O3/c26-15-6-1-11(9-34-18(40)8-33)19(27)20(15)37-24-36-16-7-14(23(38-21(16)39-24)42-10-17(28)29)22(41)35-13-4-2-12(3-5-13)25(30,31)32/h1,6-7,12-13,17H,2-5,8-10,33H2,(H,34,40)(H,35,41)(H2,36,37,38,39)/t12-,13-. The van der Waals surface area contributed by atoms with Crippen molar-refractivity contribution in [2.75, 3.05) is 18.5 Å². The largest absolute Gasteiger partial charge is 0.471 e. The molecule has 228 valence electrons. The first-order valence-corrected chi connectivity index (χ1v) is 13.5. The number of aromatic nitrogens is 3. The summed E-state index contributed by atoms with van der Waals surface area (Å²) >= 11 is 12.8. The van der Waals surface area contributed by atoms with E-state index >= 15 is 0 Å². The first kappa shape index (κ1) is 31.5. The molecule has 2 heterocycles. The van der Waals surface area contributed by atoms with E-state index in [1.54, 1.807) is 12.1 Å². The number of nitrogens with one attached hydrogen (secondary N) is 4. The highest BCUT2D eigenvalue weighted by atomic mass is 35.5. The summed E-state index contributed by atoms with van der Waals surface area (Å²) in [6, 6.07) is 3.90. The Morgan fingerprint density at radius 1 is 1.14 bits per heavy atom. The first-order valence-electron chi connectivity index (χ1n) is 12.8. The lowest BCUT2D eigenvalue weighted by Gasteiger charge is -2.30. The summed E-state index contributed by atoms with van der Waals surface area (Å²) in [5.41, 5.74) is 6.07. The van der Waals surface area contributed by atoms with Gasteiger partial charge in [0, 0.05) is 12.6 Å². The third-order valence-electron chi connectivity index (χ3n) is 6.63. The minimum absolute atomic E-state index is 0.00242. The number of hydrogen-bond acceptors (Lipinski definition) is 7. The number of rotatable bonds is 10. The Labute approximate surface area is 245 Å². The number of aromatic amines is 1. The summed E-state index contributed by atoms with van der Waals surface area (Å²) < 4.78 is 69.9. The SMILES string of the molecule is NCC(=O)NCc1ccc(Cl)c(Nc2nc3nc(OCC(F)F)c(C(=O)N[C@H]4CC[C@H](C(F)(F)F)CC4)cc3[nH]2)c1Cl. The van der Waals surface area contributed by atoms with Crippen molar-refractivity contribution >= 4 is 57.8 Å². The molecular weight excluding hydrogens is 612 g/mol. The average Bonchev–Trinajstić information content (AvgIpc) is 3.34. The lowest BCUT2D eigenvalue weighted by molar-refractivity contribution is -0.182. The van der Waals surface area contributed by atoms with Gasteiger partial charge in [0.2, 0.25) is 17.7 Å². The molecule has 1 fully saturated rings. The Morgan fingerprint density at radius 3 is 2.50 bits per heavy atom. The van der Waals surface area contributed by atoms with Crippen LogP contribution in [0.15, 0.2) is 18.2 Å². The fourth-order valence-electron chi connectivity index (χ4n) is 4.46. The molecule has 0 atom stereocenters. The third-order valence-corrected chi connectivity index (χ3v) is 7.38. The van der Waals surface area contributed by atoms with Gasteiger partial charge in [-0.3, -0.25) is 9.59 Å². The number of H-pyrrole nitrogens is 1. The van der Waals surface area contributed by atoms with Gasteiger partial charge in [0.15, 0.2) is 12.3 Å². The van der Waals surface area contributed by atoms with Gasteiger partial charge >= 0.3 is 6.18 Å². The summed E-state index contributed by atoms with van der Waals surface area (Å²) in [5.74, 6) is -2.91. The van der Waals surface area contributed by atoms with Gasteiger partial charge in [0.05, 0.1) is 33.7 Å². The van der Waals surface area contributed by atoms with Crippen molar-refractivity contribution in [2.45, 2.75) is 50.9 Å². The maximum Gasteiger partial charge on any atom is 0.391 e. The topological polar surface area (TPSA) is 147 Å². The number of hydrogen-bond donors (Lipinski definition) is 5. The fraction of sp³-hybridized carbons (Fsp3) is 0.440. The number of pyridine rings is 1. The lowest BCUT2D eigenvalue weighted by atomic mass is 9.85. The van der Waals surface area contributed by atoms with Crippen LogP contribution in [0.25, 0.3) is 11.2 Å². The van der Waals surface area contributed by atoms with Crippen LogP contribution in [0.2, 0.25) is 10.0 Å². The number of carbonyl (C=O) groups excluding carboxylic acids is 2. The molecular formula is C25H26Cl2F5N7O3. The van der Waals surface area contributed by atoms with Crippen LogP contribution in [0, 0.1) is 5.92 Å². The van der Waals surface area contributed by atoms with E-state index < -0.39 is 48.9 Å². The number of halogens is 7. The van der Waals surface area contributed by atoms with Crippen LogP contribution in [0.1, 0.15) is 41.6 Å². The van der Waals surface area contributed by atoms with Crippen molar-refractivity contribution in [3.63, 3.8) is 0 Å². The van der Waals surface area contributed by atoms with Crippen molar-refractivity contribution in [2.24, 2.45) is 11.7 Å². The number of ether oxygens (including phenoxy) is 1. The monoisotopic (exact) mass is 637 g/mol. The van der Waals surface area contributed by atoms with Gasteiger partial charge in [0.25, 0.3) is 12.3 Å². The molecule has 2 aromatic heterocycles. The van der Waals surface area contributed by atoms with Crippen LogP contribution >= 0.6 is 23.2 Å². The van der Waals surface area contributed by atoms with E-state index in [1.807, 2.05) is 0 Å². The average molecular weight is 638 g/mol. The smallest absolute Gasteiger partial charge is 0.391 e. The van der Waals surface area contributed by atoms with Gasteiger partial charge in [-0.1, -0.05) is 29.3 Å². The zero-order valence-electron chi connectivity index (χ0n) is 21.8. The Kier molecular flexibility index (Phi) is 9.94. The number of amides is 2. The third kappa shape index (κ3) is 7.69. The van der Waals surface area contributed by atoms with E-state index in [2.05, 4.69) is 30.9 Å². The summed E-state index contributed by atoms with van der Waals surface area (Å²) in [4.78, 5) is 35.9. The highest BCUT2D eigenvalue weighted by Gasteiger charge is 2.41. The number of fused-ring (bicyclic) bond motifs is 1. The molecule has 1 saturated carbocycles. The van der Waals surface area contributed by atoms with Gasteiger partial charge in [0.1, 0.15) is 5.56 Å². The Morgan fingerprint density at radius 2 is 1.86 bits per heavy atom. The summed E-state index contributed by atoms with van der Waals surface area (Å²) in [6.45, 7) is -1.18. The zero-order chi connectivity index (χ0) is 30.6. The molecule has 0 unspecified atom stereocenters. The zero-order valence-corrected chi connectivity index (χ0v) is 23.3. The number of nitrogens with two attached hydrogens (primary N) is 1. The molecule has 4 rings (SSSR count). The van der Waals surface area contributed by atoms with Crippen molar-refractivity contribution in [1.82, 2.24) is 25.6 Å². The van der Waals surface area contributed by atoms with Crippen LogP contribution in [-0.4, -0.2) is 58.6 Å². The normalized spacial score (nSPS) is 17.4. The van der Waals surface area contributed by atoms with E-state index in [9.17, 15) is 31.5 Å². The molecule has 1 aliphatic rings. The molecule has 0 saturated heterocycles. The Bertz CT molecular complexity index is 1450. The van der Waals surface area contributed by atoms with Gasteiger partial charge in [-0.2, -0.15) is 23.1 Å². The molecule has 10 nitrogen and oxygen atoms in total. The molecule has 0 bridgehead atoms. The van der Waals surface area contributed by atoms with E-state index in [4.69, 9.17) is 33.7 Å². The Hall–Kier alpha value is -3.43.